The third-order valence-electron chi connectivity index (χ3n) is 3.45. The van der Waals surface area contributed by atoms with Crippen LogP contribution in [-0.2, 0) is 6.54 Å². The Bertz CT molecular complexity index is 299. The fourth-order valence-electron chi connectivity index (χ4n) is 2.37. The summed E-state index contributed by atoms with van der Waals surface area (Å²) in [5.41, 5.74) is 8.11. The van der Waals surface area contributed by atoms with Crippen LogP contribution in [0.3, 0.4) is 0 Å². The van der Waals surface area contributed by atoms with E-state index in [0.29, 0.717) is 6.54 Å². The maximum Gasteiger partial charge on any atom is 0.0366 e. The SMILES string of the molecule is CN(c1ccc(CN)cc1)C1CCCC1. The highest BCUT2D eigenvalue weighted by Gasteiger charge is 2.19. The first kappa shape index (κ1) is 10.5. The second-order valence-corrected chi connectivity index (χ2v) is 4.42. The van der Waals surface area contributed by atoms with Gasteiger partial charge in [-0.3, -0.25) is 0 Å². The molecule has 0 amide bonds. The Labute approximate surface area is 92.1 Å². The minimum absolute atomic E-state index is 0.632. The minimum atomic E-state index is 0.632. The van der Waals surface area contributed by atoms with Crippen molar-refractivity contribution in [1.29, 1.82) is 0 Å². The van der Waals surface area contributed by atoms with E-state index in [0.717, 1.165) is 6.04 Å². The van der Waals surface area contributed by atoms with Gasteiger partial charge in [0.1, 0.15) is 0 Å². The van der Waals surface area contributed by atoms with E-state index in [1.54, 1.807) is 0 Å². The van der Waals surface area contributed by atoms with Crippen LogP contribution in [0.4, 0.5) is 5.69 Å². The van der Waals surface area contributed by atoms with Gasteiger partial charge in [-0.1, -0.05) is 25.0 Å². The number of hydrogen-bond acceptors (Lipinski definition) is 2. The molecule has 15 heavy (non-hydrogen) atoms. The predicted molar refractivity (Wildman–Crippen MR) is 65.0 cm³/mol. The summed E-state index contributed by atoms with van der Waals surface area (Å²) in [5.74, 6) is 0. The standard InChI is InChI=1S/C13H20N2/c1-15(12-4-2-3-5-12)13-8-6-11(10-14)7-9-13/h6-9,12H,2-5,10,14H2,1H3. The highest BCUT2D eigenvalue weighted by molar-refractivity contribution is 5.47. The zero-order chi connectivity index (χ0) is 10.7. The Morgan fingerprint density at radius 3 is 2.33 bits per heavy atom. The van der Waals surface area contributed by atoms with Crippen LogP contribution in [0.5, 0.6) is 0 Å². The topological polar surface area (TPSA) is 29.3 Å². The molecule has 1 aromatic rings. The Morgan fingerprint density at radius 2 is 1.80 bits per heavy atom. The summed E-state index contributed by atoms with van der Waals surface area (Å²) in [4.78, 5) is 2.41. The molecule has 2 heteroatoms. The highest BCUT2D eigenvalue weighted by atomic mass is 15.1. The maximum absolute atomic E-state index is 5.58. The molecule has 1 fully saturated rings. The molecule has 0 saturated heterocycles. The van der Waals surface area contributed by atoms with Crippen LogP contribution in [0.1, 0.15) is 31.2 Å². The molecule has 1 saturated carbocycles. The van der Waals surface area contributed by atoms with Crippen molar-refractivity contribution in [3.8, 4) is 0 Å². The molecule has 2 nitrogen and oxygen atoms in total. The van der Waals surface area contributed by atoms with Crippen molar-refractivity contribution in [3.63, 3.8) is 0 Å². The van der Waals surface area contributed by atoms with Crippen LogP contribution in [0.25, 0.3) is 0 Å². The molecule has 2 rings (SSSR count). The van der Waals surface area contributed by atoms with E-state index in [4.69, 9.17) is 5.73 Å². The fraction of sp³-hybridized carbons (Fsp3) is 0.538. The summed E-state index contributed by atoms with van der Waals surface area (Å²) >= 11 is 0. The molecular weight excluding hydrogens is 184 g/mol. The lowest BCUT2D eigenvalue weighted by Gasteiger charge is -2.26. The van der Waals surface area contributed by atoms with Gasteiger partial charge in [0.25, 0.3) is 0 Å². The molecule has 1 aliphatic rings. The second kappa shape index (κ2) is 4.67. The highest BCUT2D eigenvalue weighted by Crippen LogP contribution is 2.26. The molecule has 0 radical (unpaired) electrons. The maximum atomic E-state index is 5.58. The summed E-state index contributed by atoms with van der Waals surface area (Å²) < 4.78 is 0. The lowest BCUT2D eigenvalue weighted by molar-refractivity contribution is 0.653. The van der Waals surface area contributed by atoms with Crippen LogP contribution in [0, 0.1) is 0 Å². The average molecular weight is 204 g/mol. The van der Waals surface area contributed by atoms with Gasteiger partial charge in [0.15, 0.2) is 0 Å². The molecule has 1 aliphatic carbocycles. The third-order valence-corrected chi connectivity index (χ3v) is 3.45. The Kier molecular flexibility index (Phi) is 3.27. The lowest BCUT2D eigenvalue weighted by Crippen LogP contribution is -2.28. The number of benzene rings is 1. The van der Waals surface area contributed by atoms with Gasteiger partial charge >= 0.3 is 0 Å². The molecule has 0 atom stereocenters. The zero-order valence-corrected chi connectivity index (χ0v) is 9.45. The predicted octanol–water partition coefficient (Wildman–Crippen LogP) is 2.52. The summed E-state index contributed by atoms with van der Waals surface area (Å²) in [6.45, 7) is 0.632. The van der Waals surface area contributed by atoms with Gasteiger partial charge < -0.3 is 10.6 Å². The van der Waals surface area contributed by atoms with Gasteiger partial charge in [-0.2, -0.15) is 0 Å². The first-order valence-electron chi connectivity index (χ1n) is 5.83. The van der Waals surface area contributed by atoms with Crippen LogP contribution in [0.15, 0.2) is 24.3 Å². The van der Waals surface area contributed by atoms with Crippen molar-refractivity contribution >= 4 is 5.69 Å². The molecule has 0 aromatic heterocycles. The quantitative estimate of drug-likeness (QED) is 0.819. The number of rotatable bonds is 3. The van der Waals surface area contributed by atoms with Crippen molar-refractivity contribution < 1.29 is 0 Å². The summed E-state index contributed by atoms with van der Waals surface area (Å²) in [6, 6.07) is 9.36. The molecule has 82 valence electrons. The second-order valence-electron chi connectivity index (χ2n) is 4.42. The van der Waals surface area contributed by atoms with E-state index < -0.39 is 0 Å². The van der Waals surface area contributed by atoms with Gasteiger partial charge in [0.05, 0.1) is 0 Å². The van der Waals surface area contributed by atoms with E-state index in [1.807, 2.05) is 0 Å². The van der Waals surface area contributed by atoms with Crippen molar-refractivity contribution in [2.24, 2.45) is 5.73 Å². The van der Waals surface area contributed by atoms with Crippen molar-refractivity contribution in [2.75, 3.05) is 11.9 Å². The fourth-order valence-corrected chi connectivity index (χ4v) is 2.37. The van der Waals surface area contributed by atoms with E-state index in [2.05, 4.69) is 36.2 Å². The molecule has 2 N–H and O–H groups in total. The van der Waals surface area contributed by atoms with Crippen LogP contribution in [-0.4, -0.2) is 13.1 Å². The number of nitrogens with two attached hydrogens (primary N) is 1. The summed E-state index contributed by atoms with van der Waals surface area (Å²) in [6.07, 6.45) is 5.45. The van der Waals surface area contributed by atoms with Gasteiger partial charge in [-0.15, -0.1) is 0 Å². The van der Waals surface area contributed by atoms with Gasteiger partial charge in [-0.25, -0.2) is 0 Å². The largest absolute Gasteiger partial charge is 0.372 e. The van der Waals surface area contributed by atoms with Gasteiger partial charge in [0.2, 0.25) is 0 Å². The molecular formula is C13H20N2. The number of anilines is 1. The average Bonchev–Trinajstić information content (AvgIpc) is 2.82. The zero-order valence-electron chi connectivity index (χ0n) is 9.45. The molecule has 0 heterocycles. The molecule has 0 bridgehead atoms. The third kappa shape index (κ3) is 2.32. The first-order chi connectivity index (χ1) is 7.31. The first-order valence-corrected chi connectivity index (χ1v) is 5.83. The molecule has 0 unspecified atom stereocenters. The lowest BCUT2D eigenvalue weighted by atomic mass is 10.1. The summed E-state index contributed by atoms with van der Waals surface area (Å²) in [7, 11) is 2.20. The Hall–Kier alpha value is -1.02. The van der Waals surface area contributed by atoms with Crippen molar-refractivity contribution in [3.05, 3.63) is 29.8 Å². The molecule has 0 spiro atoms. The summed E-state index contributed by atoms with van der Waals surface area (Å²) in [5, 5.41) is 0. The molecule has 1 aromatic carbocycles. The number of hydrogen-bond donors (Lipinski definition) is 1. The van der Waals surface area contributed by atoms with E-state index >= 15 is 0 Å². The normalized spacial score (nSPS) is 16.9. The Balaban J connectivity index is 2.07. The van der Waals surface area contributed by atoms with Crippen LogP contribution in [0.2, 0.25) is 0 Å². The Morgan fingerprint density at radius 1 is 1.20 bits per heavy atom. The minimum Gasteiger partial charge on any atom is -0.372 e. The van der Waals surface area contributed by atoms with E-state index in [1.165, 1.54) is 36.9 Å². The van der Waals surface area contributed by atoms with E-state index in [9.17, 15) is 0 Å². The monoisotopic (exact) mass is 204 g/mol. The van der Waals surface area contributed by atoms with Crippen LogP contribution >= 0.6 is 0 Å². The number of nitrogens with zero attached hydrogens (tertiary/aromatic N) is 1. The van der Waals surface area contributed by atoms with Crippen molar-refractivity contribution in [1.82, 2.24) is 0 Å². The molecule has 0 aliphatic heterocycles. The van der Waals surface area contributed by atoms with Gasteiger partial charge in [-0.05, 0) is 30.5 Å². The van der Waals surface area contributed by atoms with Crippen molar-refractivity contribution in [2.45, 2.75) is 38.3 Å². The van der Waals surface area contributed by atoms with Crippen LogP contribution < -0.4 is 10.6 Å². The van der Waals surface area contributed by atoms with Gasteiger partial charge in [0, 0.05) is 25.3 Å². The smallest absolute Gasteiger partial charge is 0.0366 e. The van der Waals surface area contributed by atoms with E-state index in [-0.39, 0.29) is 0 Å².